The van der Waals surface area contributed by atoms with Gasteiger partial charge in [0.2, 0.25) is 5.78 Å². The minimum atomic E-state index is -0.859. The number of nitrogens with zero attached hydrogens (tertiary/aromatic N) is 2. The molecule has 3 aromatic rings. The molecule has 138 valence electrons. The van der Waals surface area contributed by atoms with Crippen LogP contribution in [0, 0.1) is 0 Å². The molecule has 2 aromatic carbocycles. The fourth-order valence-corrected chi connectivity index (χ4v) is 2.75. The van der Waals surface area contributed by atoms with E-state index in [9.17, 15) is 9.59 Å². The molecule has 0 bridgehead atoms. The van der Waals surface area contributed by atoms with Crippen molar-refractivity contribution in [3.05, 3.63) is 89.2 Å². The van der Waals surface area contributed by atoms with E-state index in [4.69, 9.17) is 4.74 Å². The predicted octanol–water partition coefficient (Wildman–Crippen LogP) is 3.92. The molecule has 0 N–H and O–H groups in total. The van der Waals surface area contributed by atoms with Crippen molar-refractivity contribution < 1.29 is 14.3 Å². The minimum absolute atomic E-state index is 0.220. The second-order valence-corrected chi connectivity index (χ2v) is 6.37. The topological polar surface area (TPSA) is 61.2 Å². The van der Waals surface area contributed by atoms with Crippen LogP contribution >= 0.6 is 0 Å². The highest BCUT2D eigenvalue weighted by Gasteiger charge is 2.21. The summed E-state index contributed by atoms with van der Waals surface area (Å²) in [6.07, 6.45) is 3.13. The molecule has 0 radical (unpaired) electrons. The lowest BCUT2D eigenvalue weighted by molar-refractivity contribution is 0.0318. The molecule has 0 amide bonds. The summed E-state index contributed by atoms with van der Waals surface area (Å²) in [5.74, 6) is -0.775. The summed E-state index contributed by atoms with van der Waals surface area (Å²) in [4.78, 5) is 24.8. The van der Waals surface area contributed by atoms with Gasteiger partial charge in [-0.25, -0.2) is 4.79 Å². The molecular formula is C22H22N2O3. The maximum Gasteiger partial charge on any atom is 0.342 e. The lowest BCUT2D eigenvalue weighted by Crippen LogP contribution is -2.24. The Morgan fingerprint density at radius 3 is 2.37 bits per heavy atom. The van der Waals surface area contributed by atoms with Crippen LogP contribution in [-0.4, -0.2) is 27.6 Å². The first kappa shape index (κ1) is 18.6. The quantitative estimate of drug-likeness (QED) is 0.472. The van der Waals surface area contributed by atoms with Gasteiger partial charge < -0.3 is 4.74 Å². The normalized spacial score (nSPS) is 11.8. The molecule has 0 saturated carbocycles. The number of rotatable bonds is 7. The highest BCUT2D eigenvalue weighted by molar-refractivity contribution is 6.01. The number of hydrogen-bond donors (Lipinski definition) is 0. The lowest BCUT2D eigenvalue weighted by atomic mass is 10.0. The van der Waals surface area contributed by atoms with Crippen LogP contribution in [0.5, 0.6) is 0 Å². The molecule has 3 rings (SSSR count). The highest BCUT2D eigenvalue weighted by Crippen LogP contribution is 2.12. The molecule has 1 atom stereocenters. The second kappa shape index (κ2) is 8.45. The average Bonchev–Trinajstić information content (AvgIpc) is 3.17. The number of carbonyl (C=O) groups excluding carboxylic acids is 2. The van der Waals surface area contributed by atoms with Gasteiger partial charge in [0.05, 0.1) is 18.3 Å². The van der Waals surface area contributed by atoms with Gasteiger partial charge in [-0.15, -0.1) is 0 Å². The Bertz CT molecular complexity index is 914. The van der Waals surface area contributed by atoms with Crippen molar-refractivity contribution in [1.82, 2.24) is 9.78 Å². The number of carbonyl (C=O) groups is 2. The van der Waals surface area contributed by atoms with E-state index in [1.54, 1.807) is 29.9 Å². The third-order valence-corrected chi connectivity index (χ3v) is 4.36. The van der Waals surface area contributed by atoms with Crippen molar-refractivity contribution in [3.8, 4) is 0 Å². The maximum atomic E-state index is 12.5. The van der Waals surface area contributed by atoms with Crippen LogP contribution in [0.15, 0.2) is 67.0 Å². The summed E-state index contributed by atoms with van der Waals surface area (Å²) in [6, 6.07) is 17.2. The number of ketones is 1. The molecular weight excluding hydrogens is 340 g/mol. The second-order valence-electron chi connectivity index (χ2n) is 6.37. The zero-order valence-electron chi connectivity index (χ0n) is 15.5. The van der Waals surface area contributed by atoms with Gasteiger partial charge >= 0.3 is 5.97 Å². The van der Waals surface area contributed by atoms with Crippen molar-refractivity contribution in [3.63, 3.8) is 0 Å². The first-order chi connectivity index (χ1) is 13.1. The van der Waals surface area contributed by atoms with Crippen molar-refractivity contribution >= 4 is 11.8 Å². The van der Waals surface area contributed by atoms with E-state index in [2.05, 4.69) is 12.0 Å². The SMILES string of the molecule is CCc1ccc(C(=O)C(C)OC(=O)c2cnn(Cc3ccccc3)c2)cc1. The van der Waals surface area contributed by atoms with E-state index in [1.807, 2.05) is 42.5 Å². The number of Topliss-reactive ketones (excluding diaryl/α,β-unsaturated/α-hetero) is 1. The molecule has 0 aliphatic carbocycles. The Kier molecular flexibility index (Phi) is 5.81. The Labute approximate surface area is 158 Å². The first-order valence-electron chi connectivity index (χ1n) is 8.97. The van der Waals surface area contributed by atoms with E-state index >= 15 is 0 Å². The molecule has 0 aliphatic rings. The van der Waals surface area contributed by atoms with Gasteiger partial charge in [-0.3, -0.25) is 9.48 Å². The first-order valence-corrected chi connectivity index (χ1v) is 8.97. The molecule has 1 aromatic heterocycles. The predicted molar refractivity (Wildman–Crippen MR) is 103 cm³/mol. The summed E-state index contributed by atoms with van der Waals surface area (Å²) < 4.78 is 7.00. The molecule has 5 nitrogen and oxygen atoms in total. The summed E-state index contributed by atoms with van der Waals surface area (Å²) in [6.45, 7) is 4.20. The number of hydrogen-bond acceptors (Lipinski definition) is 4. The number of benzene rings is 2. The summed E-state index contributed by atoms with van der Waals surface area (Å²) in [5, 5.41) is 4.19. The van der Waals surface area contributed by atoms with Crippen molar-refractivity contribution in [2.24, 2.45) is 0 Å². The number of ether oxygens (including phenoxy) is 1. The Morgan fingerprint density at radius 1 is 1.00 bits per heavy atom. The van der Waals surface area contributed by atoms with Gasteiger partial charge in [0.1, 0.15) is 0 Å². The van der Waals surface area contributed by atoms with Crippen LogP contribution in [0.3, 0.4) is 0 Å². The Balaban J connectivity index is 1.61. The molecule has 0 fully saturated rings. The van der Waals surface area contributed by atoms with Gasteiger partial charge in [-0.2, -0.15) is 5.10 Å². The Hall–Kier alpha value is -3.21. The summed E-state index contributed by atoms with van der Waals surface area (Å²) in [5.41, 5.74) is 3.10. The third kappa shape index (κ3) is 4.70. The summed E-state index contributed by atoms with van der Waals surface area (Å²) >= 11 is 0. The smallest absolute Gasteiger partial charge is 0.342 e. The molecule has 1 heterocycles. The number of aromatic nitrogens is 2. The number of aryl methyl sites for hydroxylation is 1. The van der Waals surface area contributed by atoms with Crippen LogP contribution in [0.1, 0.15) is 45.7 Å². The van der Waals surface area contributed by atoms with Crippen LogP contribution in [0.2, 0.25) is 0 Å². The average molecular weight is 362 g/mol. The molecule has 0 aliphatic heterocycles. The van der Waals surface area contributed by atoms with Gasteiger partial charge in [0.25, 0.3) is 0 Å². The highest BCUT2D eigenvalue weighted by atomic mass is 16.5. The van der Waals surface area contributed by atoms with Crippen LogP contribution in [0.4, 0.5) is 0 Å². The van der Waals surface area contributed by atoms with E-state index in [0.717, 1.165) is 17.5 Å². The standard InChI is InChI=1S/C22H22N2O3/c1-3-17-9-11-19(12-10-17)21(25)16(2)27-22(26)20-13-23-24(15-20)14-18-7-5-4-6-8-18/h4-13,15-16H,3,14H2,1-2H3. The van der Waals surface area contributed by atoms with Crippen LogP contribution in [-0.2, 0) is 17.7 Å². The lowest BCUT2D eigenvalue weighted by Gasteiger charge is -2.12. The van der Waals surface area contributed by atoms with E-state index in [0.29, 0.717) is 17.7 Å². The van der Waals surface area contributed by atoms with E-state index in [1.165, 1.54) is 6.20 Å². The fraction of sp³-hybridized carbons (Fsp3) is 0.227. The zero-order valence-corrected chi connectivity index (χ0v) is 15.5. The number of esters is 1. The Morgan fingerprint density at radius 2 is 1.70 bits per heavy atom. The maximum absolute atomic E-state index is 12.5. The van der Waals surface area contributed by atoms with Crippen molar-refractivity contribution in [2.45, 2.75) is 32.9 Å². The zero-order chi connectivity index (χ0) is 19.2. The van der Waals surface area contributed by atoms with Gasteiger partial charge in [-0.1, -0.05) is 61.5 Å². The monoisotopic (exact) mass is 362 g/mol. The molecule has 1 unspecified atom stereocenters. The van der Waals surface area contributed by atoms with Crippen molar-refractivity contribution in [2.75, 3.05) is 0 Å². The molecule has 5 heteroatoms. The summed E-state index contributed by atoms with van der Waals surface area (Å²) in [7, 11) is 0. The largest absolute Gasteiger partial charge is 0.451 e. The molecule has 0 spiro atoms. The van der Waals surface area contributed by atoms with Gasteiger partial charge in [-0.05, 0) is 24.5 Å². The van der Waals surface area contributed by atoms with Gasteiger partial charge in [0, 0.05) is 11.8 Å². The third-order valence-electron chi connectivity index (χ3n) is 4.36. The van der Waals surface area contributed by atoms with Gasteiger partial charge in [0.15, 0.2) is 6.10 Å². The molecule has 0 saturated heterocycles. The molecule has 27 heavy (non-hydrogen) atoms. The van der Waals surface area contributed by atoms with Crippen LogP contribution < -0.4 is 0 Å². The van der Waals surface area contributed by atoms with E-state index < -0.39 is 12.1 Å². The van der Waals surface area contributed by atoms with E-state index in [-0.39, 0.29) is 5.78 Å². The van der Waals surface area contributed by atoms with Crippen LogP contribution in [0.25, 0.3) is 0 Å². The van der Waals surface area contributed by atoms with Crippen molar-refractivity contribution in [1.29, 1.82) is 0 Å². The minimum Gasteiger partial charge on any atom is -0.451 e. The fourth-order valence-electron chi connectivity index (χ4n) is 2.75.